The molecule has 0 atom stereocenters. The molecule has 0 amide bonds. The zero-order chi connectivity index (χ0) is 62.1. The lowest BCUT2D eigenvalue weighted by atomic mass is 9.92. The van der Waals surface area contributed by atoms with Crippen molar-refractivity contribution in [3.8, 4) is 123 Å². The van der Waals surface area contributed by atoms with Gasteiger partial charge in [-0.15, -0.1) is 0 Å². The average molecular weight is 1200 g/mol. The number of aromatic nitrogens is 6. The Balaban J connectivity index is 0.754. The van der Waals surface area contributed by atoms with E-state index in [0.29, 0.717) is 17.4 Å². The number of fused-ring (bicyclic) bond motifs is 8. The third-order valence-electron chi connectivity index (χ3n) is 17.9. The third kappa shape index (κ3) is 9.99. The number of benzene rings is 12. The highest BCUT2D eigenvalue weighted by molar-refractivity contribution is 6.07. The van der Waals surface area contributed by atoms with Crippen LogP contribution in [0.25, 0.3) is 189 Å². The summed E-state index contributed by atoms with van der Waals surface area (Å²) in [7, 11) is 0. The Bertz CT molecular complexity index is 5940. The molecule has 0 radical (unpaired) electrons. The molecule has 6 aromatic heterocycles. The molecular weight excluding hydrogens is 1150 g/mol. The minimum absolute atomic E-state index is 0.559. The van der Waals surface area contributed by atoms with Crippen molar-refractivity contribution in [1.29, 1.82) is 0 Å². The van der Waals surface area contributed by atoms with Crippen LogP contribution in [0.2, 0.25) is 0 Å². The fourth-order valence-corrected chi connectivity index (χ4v) is 13.2. The molecule has 0 aliphatic rings. The molecule has 0 unspecified atom stereocenters. The lowest BCUT2D eigenvalue weighted by Gasteiger charge is -2.14. The number of nitrogens with zero attached hydrogens (tertiary/aromatic N) is 6. The first-order chi connectivity index (χ1) is 46.5. The van der Waals surface area contributed by atoms with E-state index in [1.165, 1.54) is 10.8 Å². The lowest BCUT2D eigenvalue weighted by Crippen LogP contribution is -1.97. The molecular formula is C86H52N6O2. The van der Waals surface area contributed by atoms with Gasteiger partial charge in [0.25, 0.3) is 0 Å². The fourth-order valence-electron chi connectivity index (χ4n) is 13.2. The van der Waals surface area contributed by atoms with Crippen molar-refractivity contribution in [1.82, 2.24) is 29.9 Å². The van der Waals surface area contributed by atoms with Gasteiger partial charge < -0.3 is 8.83 Å². The Kier molecular flexibility index (Phi) is 13.0. The van der Waals surface area contributed by atoms with Gasteiger partial charge in [-0.25, -0.2) is 24.9 Å². The van der Waals surface area contributed by atoms with Gasteiger partial charge >= 0.3 is 0 Å². The van der Waals surface area contributed by atoms with Gasteiger partial charge in [-0.1, -0.05) is 200 Å². The minimum Gasteiger partial charge on any atom is -0.454 e. The number of furan rings is 2. The van der Waals surface area contributed by atoms with E-state index in [4.69, 9.17) is 38.7 Å². The molecule has 18 aromatic rings. The average Bonchev–Trinajstić information content (AvgIpc) is 1.43. The summed E-state index contributed by atoms with van der Waals surface area (Å²) in [5, 5.41) is 7.49. The van der Waals surface area contributed by atoms with Crippen molar-refractivity contribution in [3.05, 3.63) is 316 Å². The van der Waals surface area contributed by atoms with Gasteiger partial charge in [-0.2, -0.15) is 0 Å². The zero-order valence-electron chi connectivity index (χ0n) is 50.5. The van der Waals surface area contributed by atoms with Crippen molar-refractivity contribution in [3.63, 3.8) is 0 Å². The summed E-state index contributed by atoms with van der Waals surface area (Å²) < 4.78 is 12.8. The SMILES string of the molecule is c1ccc(-c2cc(-c3ccccc3)nc(-c3cc(-c4ccc5ccccc5c4)cc(-c4cnc5oc6ccc(-c7cccc(-c8cc(-c9ccccc9)nc(-c9cc(-c%10ccc%11oc%12cccnc%12c%11c%10)cc(-c%10cccc%11ccccc%10%11)c9)n8)c7)cc6c5c4)c3)n2)cc1. The van der Waals surface area contributed by atoms with Crippen LogP contribution in [0.5, 0.6) is 0 Å². The molecule has 8 nitrogen and oxygen atoms in total. The summed E-state index contributed by atoms with van der Waals surface area (Å²) >= 11 is 0. The second-order valence-corrected chi connectivity index (χ2v) is 23.8. The van der Waals surface area contributed by atoms with Gasteiger partial charge in [-0.05, 0) is 175 Å². The largest absolute Gasteiger partial charge is 0.454 e. The maximum Gasteiger partial charge on any atom is 0.227 e. The van der Waals surface area contributed by atoms with Crippen molar-refractivity contribution in [2.24, 2.45) is 0 Å². The van der Waals surface area contributed by atoms with Crippen molar-refractivity contribution in [2.75, 3.05) is 0 Å². The number of pyridine rings is 2. The maximum absolute atomic E-state index is 6.55. The Morgan fingerprint density at radius 2 is 0.691 bits per heavy atom. The predicted molar refractivity (Wildman–Crippen MR) is 383 cm³/mol. The first kappa shape index (κ1) is 54.2. The van der Waals surface area contributed by atoms with E-state index in [1.807, 2.05) is 73.1 Å². The molecule has 12 aromatic carbocycles. The molecule has 0 saturated heterocycles. The van der Waals surface area contributed by atoms with Crippen LogP contribution < -0.4 is 0 Å². The standard InChI is InChI=1S/C86H52N6O2/c1-4-19-55(20-5-1)76-50-77(56-21-6-2-7-22-56)90-84(89-76)68-43-64(60-33-32-53-17-10-11-25-58(53)39-60)41-66(45-68)70-49-74-73-47-61(34-36-80(73)94-86(74)88-52-70)59-27-14-28-63(40-59)79-51-78(57-23-8-3-9-24-57)91-85(92-79)69-44-65(42-67(46-69)72-30-15-26-54-18-12-13-29-71(54)72)62-35-37-81-75(48-62)83-82(93-81)31-16-38-87-83/h1-52H. The normalized spacial score (nSPS) is 11.6. The molecule has 6 heterocycles. The molecule has 0 N–H and O–H groups in total. The van der Waals surface area contributed by atoms with Crippen molar-refractivity contribution in [2.45, 2.75) is 0 Å². The summed E-state index contributed by atoms with van der Waals surface area (Å²) in [5.41, 5.74) is 23.0. The van der Waals surface area contributed by atoms with Crippen molar-refractivity contribution >= 4 is 65.7 Å². The molecule has 0 aliphatic carbocycles. The Hall–Kier alpha value is -12.8. The third-order valence-corrected chi connectivity index (χ3v) is 17.9. The van der Waals surface area contributed by atoms with Crippen LogP contribution in [-0.2, 0) is 0 Å². The molecule has 0 aliphatic heterocycles. The maximum atomic E-state index is 6.55. The van der Waals surface area contributed by atoms with Gasteiger partial charge in [0.1, 0.15) is 16.7 Å². The van der Waals surface area contributed by atoms with E-state index in [1.54, 1.807) is 0 Å². The monoisotopic (exact) mass is 1200 g/mol. The van der Waals surface area contributed by atoms with Crippen LogP contribution in [0, 0.1) is 0 Å². The molecule has 0 saturated carbocycles. The van der Waals surface area contributed by atoms with E-state index in [-0.39, 0.29) is 0 Å². The van der Waals surface area contributed by atoms with Gasteiger partial charge in [0.05, 0.1) is 22.8 Å². The van der Waals surface area contributed by atoms with E-state index >= 15 is 0 Å². The van der Waals surface area contributed by atoms with Crippen molar-refractivity contribution < 1.29 is 8.83 Å². The Labute approximate surface area is 540 Å². The summed E-state index contributed by atoms with van der Waals surface area (Å²) in [6.45, 7) is 0. The Morgan fingerprint density at radius 1 is 0.223 bits per heavy atom. The van der Waals surface area contributed by atoms with Crippen LogP contribution in [-0.4, -0.2) is 29.9 Å². The van der Waals surface area contributed by atoms with Gasteiger partial charge in [0, 0.05) is 67.5 Å². The molecule has 0 bridgehead atoms. The Morgan fingerprint density at radius 3 is 1.38 bits per heavy atom. The van der Waals surface area contributed by atoms with Gasteiger partial charge in [0.15, 0.2) is 17.2 Å². The molecule has 94 heavy (non-hydrogen) atoms. The number of rotatable bonds is 11. The number of hydrogen-bond donors (Lipinski definition) is 0. The summed E-state index contributed by atoms with van der Waals surface area (Å²) in [6.07, 6.45) is 3.73. The zero-order valence-corrected chi connectivity index (χ0v) is 50.5. The highest BCUT2D eigenvalue weighted by Crippen LogP contribution is 2.42. The first-order valence-electron chi connectivity index (χ1n) is 31.4. The number of hydrogen-bond acceptors (Lipinski definition) is 8. The smallest absolute Gasteiger partial charge is 0.227 e. The molecule has 0 fully saturated rings. The summed E-state index contributed by atoms with van der Waals surface area (Å²) in [5.74, 6) is 1.23. The van der Waals surface area contributed by atoms with E-state index in [9.17, 15) is 0 Å². The lowest BCUT2D eigenvalue weighted by molar-refractivity contribution is 0.654. The highest BCUT2D eigenvalue weighted by Gasteiger charge is 2.20. The second kappa shape index (κ2) is 22.6. The highest BCUT2D eigenvalue weighted by atomic mass is 16.3. The van der Waals surface area contributed by atoms with E-state index < -0.39 is 0 Å². The quantitative estimate of drug-likeness (QED) is 0.126. The van der Waals surface area contributed by atoms with E-state index in [0.717, 1.165) is 161 Å². The van der Waals surface area contributed by atoms with Gasteiger partial charge in [-0.3, -0.25) is 4.98 Å². The minimum atomic E-state index is 0.559. The van der Waals surface area contributed by atoms with Crippen LogP contribution in [0.1, 0.15) is 0 Å². The first-order valence-corrected chi connectivity index (χ1v) is 31.4. The van der Waals surface area contributed by atoms with Gasteiger partial charge in [0.2, 0.25) is 5.71 Å². The second-order valence-electron chi connectivity index (χ2n) is 23.8. The summed E-state index contributed by atoms with van der Waals surface area (Å²) in [6, 6.07) is 106. The van der Waals surface area contributed by atoms with E-state index in [2.05, 4.69) is 243 Å². The van der Waals surface area contributed by atoms with Crippen LogP contribution in [0.4, 0.5) is 0 Å². The van der Waals surface area contributed by atoms with Crippen LogP contribution >= 0.6 is 0 Å². The molecule has 8 heteroatoms. The van der Waals surface area contributed by atoms with Crippen LogP contribution in [0.15, 0.2) is 325 Å². The summed E-state index contributed by atoms with van der Waals surface area (Å²) in [4.78, 5) is 31.3. The topological polar surface area (TPSA) is 104 Å². The fraction of sp³-hybridized carbons (Fsp3) is 0. The van der Waals surface area contributed by atoms with Crippen LogP contribution in [0.3, 0.4) is 0 Å². The molecule has 0 spiro atoms. The molecule has 18 rings (SSSR count). The molecule has 438 valence electrons. The predicted octanol–water partition coefficient (Wildman–Crippen LogP) is 22.5.